The highest BCUT2D eigenvalue weighted by Gasteiger charge is 2.21. The van der Waals surface area contributed by atoms with Gasteiger partial charge in [0.2, 0.25) is 5.91 Å². The molecular weight excluding hydrogens is 462 g/mol. The second kappa shape index (κ2) is 14.7. The second-order valence-electron chi connectivity index (χ2n) is 8.17. The maximum atomic E-state index is 13.1. The van der Waals surface area contributed by atoms with E-state index in [4.69, 9.17) is 11.5 Å². The van der Waals surface area contributed by atoms with Crippen molar-refractivity contribution < 1.29 is 9.90 Å². The zero-order chi connectivity index (χ0) is 24.2. The lowest BCUT2D eigenvalue weighted by Gasteiger charge is -2.24. The van der Waals surface area contributed by atoms with Gasteiger partial charge in [-0.25, -0.2) is 0 Å². The van der Waals surface area contributed by atoms with Gasteiger partial charge in [0, 0.05) is 25.6 Å². The van der Waals surface area contributed by atoms with Gasteiger partial charge in [-0.1, -0.05) is 72.8 Å². The molecule has 1 atom stereocenters. The first-order chi connectivity index (χ1) is 16.5. The molecule has 3 rings (SSSR count). The summed E-state index contributed by atoms with van der Waals surface area (Å²) >= 11 is 0. The number of amides is 1. The van der Waals surface area contributed by atoms with Gasteiger partial charge < -0.3 is 27.2 Å². The smallest absolute Gasteiger partial charge is 0.237 e. The molecule has 0 fully saturated rings. The van der Waals surface area contributed by atoms with E-state index in [1.54, 1.807) is 24.3 Å². The third-order valence-corrected chi connectivity index (χ3v) is 5.64. The van der Waals surface area contributed by atoms with Crippen molar-refractivity contribution in [2.24, 2.45) is 16.5 Å². The predicted octanol–water partition coefficient (Wildman–Crippen LogP) is 3.27. The summed E-state index contributed by atoms with van der Waals surface area (Å²) < 4.78 is 0. The molecule has 0 bridgehead atoms. The Hall–Kier alpha value is -3.55. The Morgan fingerprint density at radius 2 is 1.46 bits per heavy atom. The summed E-state index contributed by atoms with van der Waals surface area (Å²) in [6, 6.07) is 27.0. The highest BCUT2D eigenvalue weighted by Crippen LogP contribution is 2.24. The molecule has 7 N–H and O–H groups in total. The highest BCUT2D eigenvalue weighted by molar-refractivity contribution is 5.85. The van der Waals surface area contributed by atoms with E-state index in [2.05, 4.69) is 39.9 Å². The predicted molar refractivity (Wildman–Crippen MR) is 144 cm³/mol. The second-order valence-corrected chi connectivity index (χ2v) is 8.17. The van der Waals surface area contributed by atoms with Crippen molar-refractivity contribution in [3.8, 4) is 5.75 Å². The average Bonchev–Trinajstić information content (AvgIpc) is 2.86. The average molecular weight is 496 g/mol. The molecule has 186 valence electrons. The molecule has 0 radical (unpaired) electrons. The number of nitrogens with one attached hydrogen (secondary N) is 2. The van der Waals surface area contributed by atoms with Crippen molar-refractivity contribution in [3.05, 3.63) is 102 Å². The lowest BCUT2D eigenvalue weighted by molar-refractivity contribution is -0.123. The number of phenols is 1. The van der Waals surface area contributed by atoms with E-state index >= 15 is 0 Å². The zero-order valence-corrected chi connectivity index (χ0v) is 20.5. The van der Waals surface area contributed by atoms with Crippen molar-refractivity contribution in [1.29, 1.82) is 0 Å². The summed E-state index contributed by atoms with van der Waals surface area (Å²) in [5.41, 5.74) is 14.2. The normalized spacial score (nSPS) is 11.3. The molecule has 0 spiro atoms. The summed E-state index contributed by atoms with van der Waals surface area (Å²) in [6.45, 7) is 1.45. The van der Waals surface area contributed by atoms with Crippen LogP contribution in [0.2, 0.25) is 0 Å². The van der Waals surface area contributed by atoms with Crippen molar-refractivity contribution in [2.45, 2.75) is 31.3 Å². The van der Waals surface area contributed by atoms with Crippen LogP contribution in [0.1, 0.15) is 35.4 Å². The molecule has 0 saturated heterocycles. The standard InChI is InChI=1S/C27H33N5O2.ClH/c28-27(29)30-17-7-12-25(26(34)32-18-20-13-15-23(33)16-14-20)31-19-24(21-8-3-1-4-9-21)22-10-5-2-6-11-22;/h1-6,8-11,13-16,24-25,31,33H,7,12,17-19H2,(H,32,34)(H4,28,29,30);1H/t25-;/m1./s1. The number of benzene rings is 3. The SMILES string of the molecule is Cl.NC(N)=NCCC[C@@H](NCC(c1ccccc1)c1ccccc1)C(=O)NCc1ccc(O)cc1. The fourth-order valence-electron chi connectivity index (χ4n) is 3.81. The minimum Gasteiger partial charge on any atom is -0.508 e. The molecular formula is C27H34ClN5O2. The minimum atomic E-state index is -0.402. The van der Waals surface area contributed by atoms with Gasteiger partial charge in [0.15, 0.2) is 5.96 Å². The van der Waals surface area contributed by atoms with Gasteiger partial charge in [-0.2, -0.15) is 0 Å². The Kier molecular flexibility index (Phi) is 11.6. The van der Waals surface area contributed by atoms with Gasteiger partial charge in [0.05, 0.1) is 6.04 Å². The molecule has 1 amide bonds. The maximum absolute atomic E-state index is 13.1. The fraction of sp³-hybridized carbons (Fsp3) is 0.259. The summed E-state index contributed by atoms with van der Waals surface area (Å²) in [7, 11) is 0. The van der Waals surface area contributed by atoms with Crippen molar-refractivity contribution in [3.63, 3.8) is 0 Å². The monoisotopic (exact) mass is 495 g/mol. The van der Waals surface area contributed by atoms with Gasteiger partial charge in [0.25, 0.3) is 0 Å². The van der Waals surface area contributed by atoms with Crippen LogP contribution in [0.5, 0.6) is 5.75 Å². The van der Waals surface area contributed by atoms with Gasteiger partial charge in [-0.15, -0.1) is 12.4 Å². The molecule has 0 aliphatic rings. The topological polar surface area (TPSA) is 126 Å². The van der Waals surface area contributed by atoms with E-state index in [9.17, 15) is 9.90 Å². The largest absolute Gasteiger partial charge is 0.508 e. The summed E-state index contributed by atoms with van der Waals surface area (Å²) in [6.07, 6.45) is 1.26. The number of guanidine groups is 1. The Balaban J connectivity index is 0.00000432. The molecule has 0 saturated carbocycles. The van der Waals surface area contributed by atoms with E-state index < -0.39 is 6.04 Å². The molecule has 3 aromatic carbocycles. The summed E-state index contributed by atoms with van der Waals surface area (Å²) in [5, 5.41) is 16.0. The Morgan fingerprint density at radius 3 is 2.00 bits per heavy atom. The molecule has 0 unspecified atom stereocenters. The first kappa shape index (κ1) is 27.7. The van der Waals surface area contributed by atoms with E-state index in [1.807, 2.05) is 36.4 Å². The molecule has 3 aromatic rings. The van der Waals surface area contributed by atoms with Crippen LogP contribution in [0, 0.1) is 0 Å². The molecule has 0 aliphatic heterocycles. The van der Waals surface area contributed by atoms with Crippen LogP contribution < -0.4 is 22.1 Å². The maximum Gasteiger partial charge on any atom is 0.237 e. The van der Waals surface area contributed by atoms with Crippen molar-refractivity contribution in [1.82, 2.24) is 10.6 Å². The van der Waals surface area contributed by atoms with Crippen LogP contribution in [0.3, 0.4) is 0 Å². The van der Waals surface area contributed by atoms with Gasteiger partial charge in [0.1, 0.15) is 5.75 Å². The van der Waals surface area contributed by atoms with Crippen LogP contribution >= 0.6 is 12.4 Å². The number of phenolic OH excluding ortho intramolecular Hbond substituents is 1. The van der Waals surface area contributed by atoms with Gasteiger partial charge in [-0.05, 0) is 41.7 Å². The summed E-state index contributed by atoms with van der Waals surface area (Å²) in [4.78, 5) is 17.1. The van der Waals surface area contributed by atoms with Crippen LogP contribution in [0.15, 0.2) is 89.9 Å². The Morgan fingerprint density at radius 1 is 0.886 bits per heavy atom. The Labute approximate surface area is 213 Å². The molecule has 8 heteroatoms. The zero-order valence-electron chi connectivity index (χ0n) is 19.6. The third kappa shape index (κ3) is 9.31. The van der Waals surface area contributed by atoms with Crippen molar-refractivity contribution >= 4 is 24.3 Å². The number of hydrogen-bond acceptors (Lipinski definition) is 4. The number of carbonyl (C=O) groups excluding carboxylic acids is 1. The number of aliphatic imine (C=N–C) groups is 1. The van der Waals surface area contributed by atoms with Crippen LogP contribution in [-0.2, 0) is 11.3 Å². The first-order valence-electron chi connectivity index (χ1n) is 11.5. The number of hydrogen-bond donors (Lipinski definition) is 5. The van der Waals surface area contributed by atoms with Crippen LogP contribution in [0.25, 0.3) is 0 Å². The quantitative estimate of drug-likeness (QED) is 0.150. The third-order valence-electron chi connectivity index (χ3n) is 5.64. The van der Waals surface area contributed by atoms with E-state index in [0.29, 0.717) is 32.5 Å². The number of carbonyl (C=O) groups is 1. The fourth-order valence-corrected chi connectivity index (χ4v) is 3.81. The lowest BCUT2D eigenvalue weighted by Crippen LogP contribution is -2.45. The van der Waals surface area contributed by atoms with Gasteiger partial charge in [-0.3, -0.25) is 9.79 Å². The first-order valence-corrected chi connectivity index (χ1v) is 11.5. The van der Waals surface area contributed by atoms with E-state index in [0.717, 1.165) is 5.56 Å². The van der Waals surface area contributed by atoms with Crippen molar-refractivity contribution in [2.75, 3.05) is 13.1 Å². The van der Waals surface area contributed by atoms with E-state index in [1.165, 1.54) is 11.1 Å². The van der Waals surface area contributed by atoms with Gasteiger partial charge >= 0.3 is 0 Å². The number of nitrogens with two attached hydrogens (primary N) is 2. The minimum absolute atomic E-state index is 0. The number of nitrogens with zero attached hydrogens (tertiary/aromatic N) is 1. The van der Waals surface area contributed by atoms with Crippen LogP contribution in [-0.4, -0.2) is 36.1 Å². The van der Waals surface area contributed by atoms with Crippen LogP contribution in [0.4, 0.5) is 0 Å². The molecule has 7 nitrogen and oxygen atoms in total. The molecule has 0 aliphatic carbocycles. The number of aromatic hydroxyl groups is 1. The Bertz CT molecular complexity index is 1000. The molecule has 0 aromatic heterocycles. The number of halogens is 1. The van der Waals surface area contributed by atoms with E-state index in [-0.39, 0.29) is 35.9 Å². The molecule has 0 heterocycles. The summed E-state index contributed by atoms with van der Waals surface area (Å²) in [5.74, 6) is 0.266. The highest BCUT2D eigenvalue weighted by atomic mass is 35.5. The number of rotatable bonds is 12. The molecule has 35 heavy (non-hydrogen) atoms. The lowest BCUT2D eigenvalue weighted by atomic mass is 9.91.